The summed E-state index contributed by atoms with van der Waals surface area (Å²) in [5.74, 6) is 0. The van der Waals surface area contributed by atoms with Crippen LogP contribution in [0.4, 0.5) is 0 Å². The predicted molar refractivity (Wildman–Crippen MR) is 158 cm³/mol. The SMILES string of the molecule is OCC1CCCO1.OCC1CCCO1.OCC1CCCO1.OCC1CCCO1.[Ba+2].[O-]CC1CCCO1.[O-]CC1CCCO1.[Ti]. The van der Waals surface area contributed by atoms with Crippen molar-refractivity contribution in [2.75, 3.05) is 79.3 Å². The van der Waals surface area contributed by atoms with Crippen LogP contribution in [0.1, 0.15) is 77.0 Å². The third kappa shape index (κ3) is 25.8. The van der Waals surface area contributed by atoms with Gasteiger partial charge in [0.1, 0.15) is 0 Å². The van der Waals surface area contributed by atoms with Gasteiger partial charge in [0, 0.05) is 73.6 Å². The Morgan fingerprint density at radius 3 is 0.636 bits per heavy atom. The molecular weight excluding hydrogens is 738 g/mol. The summed E-state index contributed by atoms with van der Waals surface area (Å²) in [4.78, 5) is 0. The van der Waals surface area contributed by atoms with Crippen molar-refractivity contribution in [3.8, 4) is 0 Å². The van der Waals surface area contributed by atoms with Gasteiger partial charge in [-0.2, -0.15) is 0 Å². The second kappa shape index (κ2) is 34.7. The summed E-state index contributed by atoms with van der Waals surface area (Å²) in [6, 6.07) is 0. The number of hydrogen-bond acceptors (Lipinski definition) is 12. The molecule has 6 fully saturated rings. The Kier molecular flexibility index (Phi) is 37.7. The van der Waals surface area contributed by atoms with Gasteiger partial charge in [-0.15, -0.1) is 13.2 Å². The maximum atomic E-state index is 10.0. The van der Waals surface area contributed by atoms with E-state index < -0.39 is 0 Å². The summed E-state index contributed by atoms with van der Waals surface area (Å²) in [6.07, 6.45) is 13.4. The van der Waals surface area contributed by atoms with E-state index in [4.69, 9.17) is 48.8 Å². The van der Waals surface area contributed by atoms with Gasteiger partial charge >= 0.3 is 48.9 Å². The van der Waals surface area contributed by atoms with E-state index in [1.807, 2.05) is 0 Å². The summed E-state index contributed by atoms with van der Waals surface area (Å²) >= 11 is 0. The third-order valence-corrected chi connectivity index (χ3v) is 7.33. The van der Waals surface area contributed by atoms with Gasteiger partial charge in [-0.05, 0) is 77.0 Å². The van der Waals surface area contributed by atoms with Crippen LogP contribution < -0.4 is 10.2 Å². The van der Waals surface area contributed by atoms with Crippen molar-refractivity contribution in [1.82, 2.24) is 0 Å². The van der Waals surface area contributed by atoms with Crippen LogP contribution in [0.3, 0.4) is 0 Å². The smallest absolute Gasteiger partial charge is 0.853 e. The molecular formula is C30H58BaO12Ti. The topological polar surface area (TPSA) is 182 Å². The molecule has 6 atom stereocenters. The summed E-state index contributed by atoms with van der Waals surface area (Å²) in [5, 5.41) is 53.8. The molecule has 4 N–H and O–H groups in total. The molecule has 6 unspecified atom stereocenters. The van der Waals surface area contributed by atoms with Crippen LogP contribution in [0.25, 0.3) is 0 Å². The fourth-order valence-electron chi connectivity index (χ4n) is 4.70. The maximum Gasteiger partial charge on any atom is 2.00 e. The number of ether oxygens (including phenoxy) is 6. The molecule has 0 aromatic heterocycles. The normalized spacial score (nSPS) is 29.9. The first kappa shape index (κ1) is 47.9. The van der Waals surface area contributed by atoms with Gasteiger partial charge in [-0.3, -0.25) is 0 Å². The molecule has 0 aromatic carbocycles. The summed E-state index contributed by atoms with van der Waals surface area (Å²) in [6.45, 7) is 5.62. The average Bonchev–Trinajstić information content (AvgIpc) is 3.91. The van der Waals surface area contributed by atoms with Crippen LogP contribution in [0.5, 0.6) is 0 Å². The molecule has 44 heavy (non-hydrogen) atoms. The van der Waals surface area contributed by atoms with E-state index in [9.17, 15) is 10.2 Å². The first-order valence-corrected chi connectivity index (χ1v) is 15.9. The number of hydrogen-bond donors (Lipinski definition) is 4. The molecule has 14 heteroatoms. The summed E-state index contributed by atoms with van der Waals surface area (Å²) < 4.78 is 30.2. The van der Waals surface area contributed by atoms with Gasteiger partial charge in [0.05, 0.1) is 50.8 Å². The van der Waals surface area contributed by atoms with Crippen molar-refractivity contribution in [3.05, 3.63) is 0 Å². The van der Waals surface area contributed by atoms with Crippen LogP contribution in [0, 0.1) is 0 Å². The predicted octanol–water partition coefficient (Wildman–Crippen LogP) is -0.701. The Morgan fingerprint density at radius 1 is 0.386 bits per heavy atom. The quantitative estimate of drug-likeness (QED) is 0.249. The van der Waals surface area contributed by atoms with Crippen LogP contribution in [-0.4, -0.2) is 185 Å². The molecule has 0 aliphatic carbocycles. The zero-order valence-electron chi connectivity index (χ0n) is 26.7. The summed E-state index contributed by atoms with van der Waals surface area (Å²) in [7, 11) is 0. The fraction of sp³-hybridized carbons (Fsp3) is 1.00. The van der Waals surface area contributed by atoms with Crippen LogP contribution in [0.2, 0.25) is 0 Å². The molecule has 6 saturated heterocycles. The Balaban J connectivity index is 0. The van der Waals surface area contributed by atoms with E-state index in [0.29, 0.717) is 0 Å². The molecule has 0 aromatic rings. The maximum absolute atomic E-state index is 10.0. The average molecular weight is 796 g/mol. The van der Waals surface area contributed by atoms with Crippen molar-refractivity contribution < 1.29 is 80.8 Å². The molecule has 0 amide bonds. The van der Waals surface area contributed by atoms with Crippen molar-refractivity contribution >= 4 is 48.9 Å². The van der Waals surface area contributed by atoms with E-state index >= 15 is 0 Å². The van der Waals surface area contributed by atoms with Gasteiger partial charge in [0.25, 0.3) is 0 Å². The van der Waals surface area contributed by atoms with E-state index in [1.165, 1.54) is 0 Å². The van der Waals surface area contributed by atoms with Gasteiger partial charge in [-0.1, -0.05) is 0 Å². The molecule has 0 saturated carbocycles. The molecule has 6 heterocycles. The van der Waals surface area contributed by atoms with Gasteiger partial charge < -0.3 is 59.1 Å². The zero-order chi connectivity index (χ0) is 30.7. The second-order valence-corrected chi connectivity index (χ2v) is 10.9. The fourth-order valence-corrected chi connectivity index (χ4v) is 4.70. The number of aliphatic hydroxyl groups excluding tert-OH is 4. The zero-order valence-corrected chi connectivity index (χ0v) is 32.7. The first-order valence-electron chi connectivity index (χ1n) is 15.9. The van der Waals surface area contributed by atoms with E-state index in [1.54, 1.807) is 0 Å². The van der Waals surface area contributed by atoms with Gasteiger partial charge in [0.2, 0.25) is 0 Å². The Labute approximate surface area is 319 Å². The standard InChI is InChI=1S/4C5H10O2.2C5H9O2.Ba.Ti/c6*6-4-5-2-1-3-7-5;;/h4*5-6H,1-4H2;2*5H,1-4H2;;/q;;;;2*-1;+2;. The molecule has 256 valence electrons. The molecule has 6 rings (SSSR count). The Morgan fingerprint density at radius 2 is 0.568 bits per heavy atom. The van der Waals surface area contributed by atoms with Crippen LogP contribution in [0.15, 0.2) is 0 Å². The van der Waals surface area contributed by atoms with Crippen molar-refractivity contribution in [2.45, 2.75) is 114 Å². The minimum Gasteiger partial charge on any atom is -0.853 e. The molecule has 12 nitrogen and oxygen atoms in total. The van der Waals surface area contributed by atoms with E-state index in [-0.39, 0.29) is 147 Å². The Bertz CT molecular complexity index is 426. The molecule has 0 spiro atoms. The number of rotatable bonds is 6. The number of aliphatic hydroxyl groups is 4. The molecule has 6 aliphatic rings. The summed E-state index contributed by atoms with van der Waals surface area (Å²) in [5.41, 5.74) is 0. The monoisotopic (exact) mass is 796 g/mol. The Hall–Kier alpha value is 1.81. The van der Waals surface area contributed by atoms with E-state index in [2.05, 4.69) is 0 Å². The molecule has 6 aliphatic heterocycles. The van der Waals surface area contributed by atoms with Crippen LogP contribution in [-0.2, 0) is 50.1 Å². The first-order chi connectivity index (χ1) is 20.6. The molecule has 0 radical (unpaired) electrons. The second-order valence-electron chi connectivity index (χ2n) is 10.9. The van der Waals surface area contributed by atoms with Gasteiger partial charge in [-0.25, -0.2) is 0 Å². The van der Waals surface area contributed by atoms with Gasteiger partial charge in [0.15, 0.2) is 0 Å². The minimum atomic E-state index is -0.0556. The van der Waals surface area contributed by atoms with Crippen LogP contribution >= 0.6 is 0 Å². The largest absolute Gasteiger partial charge is 2.00 e. The van der Waals surface area contributed by atoms with E-state index in [0.717, 1.165) is 117 Å². The molecule has 0 bridgehead atoms. The van der Waals surface area contributed by atoms with Crippen molar-refractivity contribution in [3.63, 3.8) is 0 Å². The minimum absolute atomic E-state index is 0. The van der Waals surface area contributed by atoms with Crippen molar-refractivity contribution in [1.29, 1.82) is 0 Å². The third-order valence-electron chi connectivity index (χ3n) is 7.33. The van der Waals surface area contributed by atoms with Crippen molar-refractivity contribution in [2.24, 2.45) is 0 Å².